The fourth-order valence-corrected chi connectivity index (χ4v) is 3.25. The Morgan fingerprint density at radius 3 is 2.88 bits per heavy atom. The van der Waals surface area contributed by atoms with Crippen LogP contribution in [0.4, 0.5) is 5.13 Å². The number of benzene rings is 1. The number of nitrogens with zero attached hydrogens (tertiary/aromatic N) is 2. The van der Waals surface area contributed by atoms with Gasteiger partial charge in [0, 0.05) is 27.8 Å². The largest absolute Gasteiger partial charge is 0.496 e. The number of carbonyl (C=O) groups excluding carboxylic acids is 1. The van der Waals surface area contributed by atoms with E-state index in [2.05, 4.69) is 31.2 Å². The zero-order valence-electron chi connectivity index (χ0n) is 13.0. The monoisotopic (exact) mass is 403 g/mol. The van der Waals surface area contributed by atoms with Crippen LogP contribution in [0.3, 0.4) is 0 Å². The highest BCUT2D eigenvalue weighted by Crippen LogP contribution is 2.33. The minimum absolute atomic E-state index is 0.249. The Morgan fingerprint density at radius 1 is 1.29 bits per heavy atom. The van der Waals surface area contributed by atoms with Crippen LogP contribution in [0.1, 0.15) is 15.9 Å². The normalized spacial score (nSPS) is 10.5. The molecule has 2 aromatic heterocycles. The molecule has 1 amide bonds. The van der Waals surface area contributed by atoms with Crippen molar-refractivity contribution in [1.29, 1.82) is 0 Å². The van der Waals surface area contributed by atoms with E-state index in [0.29, 0.717) is 10.7 Å². The molecule has 7 heteroatoms. The van der Waals surface area contributed by atoms with Gasteiger partial charge in [-0.3, -0.25) is 15.1 Å². The van der Waals surface area contributed by atoms with Crippen molar-refractivity contribution in [3.63, 3.8) is 0 Å². The van der Waals surface area contributed by atoms with Crippen molar-refractivity contribution in [1.82, 2.24) is 9.97 Å². The fourth-order valence-electron chi connectivity index (χ4n) is 2.18. The number of amides is 1. The topological polar surface area (TPSA) is 64.1 Å². The number of ether oxygens (including phenoxy) is 1. The molecule has 0 saturated carbocycles. The minimum Gasteiger partial charge on any atom is -0.496 e. The third kappa shape index (κ3) is 3.63. The summed E-state index contributed by atoms with van der Waals surface area (Å²) in [7, 11) is 1.63. The van der Waals surface area contributed by atoms with Crippen molar-refractivity contribution in [2.45, 2.75) is 6.92 Å². The summed E-state index contributed by atoms with van der Waals surface area (Å²) < 4.78 is 6.14. The van der Waals surface area contributed by atoms with Gasteiger partial charge in [0.05, 0.1) is 18.4 Å². The number of carbonyl (C=O) groups is 1. The Bertz CT molecular complexity index is 895. The molecule has 0 fully saturated rings. The highest BCUT2D eigenvalue weighted by atomic mass is 79.9. The summed E-state index contributed by atoms with van der Waals surface area (Å²) in [5.74, 6) is 0.501. The number of nitrogens with one attached hydrogen (secondary N) is 1. The van der Waals surface area contributed by atoms with E-state index >= 15 is 0 Å². The van der Waals surface area contributed by atoms with Gasteiger partial charge in [0.15, 0.2) is 5.13 Å². The molecule has 1 aromatic carbocycles. The van der Waals surface area contributed by atoms with E-state index in [0.717, 1.165) is 27.0 Å². The lowest BCUT2D eigenvalue weighted by molar-refractivity contribution is 0.102. The highest BCUT2D eigenvalue weighted by Gasteiger charge is 2.13. The van der Waals surface area contributed by atoms with Crippen LogP contribution in [0, 0.1) is 6.92 Å². The van der Waals surface area contributed by atoms with Crippen molar-refractivity contribution in [2.24, 2.45) is 0 Å². The maximum absolute atomic E-state index is 12.3. The second-order valence-corrected chi connectivity index (χ2v) is 6.86. The van der Waals surface area contributed by atoms with Crippen molar-refractivity contribution >= 4 is 38.3 Å². The number of hydrogen-bond acceptors (Lipinski definition) is 5. The zero-order chi connectivity index (χ0) is 17.1. The molecule has 0 saturated heterocycles. The van der Waals surface area contributed by atoms with Crippen molar-refractivity contribution in [3.8, 4) is 17.0 Å². The van der Waals surface area contributed by atoms with Gasteiger partial charge in [0.2, 0.25) is 0 Å². The van der Waals surface area contributed by atoms with Gasteiger partial charge < -0.3 is 4.74 Å². The smallest absolute Gasteiger partial charge is 0.259 e. The number of aromatic nitrogens is 2. The summed E-state index contributed by atoms with van der Waals surface area (Å²) in [6.07, 6.45) is 3.14. The van der Waals surface area contributed by atoms with Gasteiger partial charge in [-0.25, -0.2) is 4.98 Å². The fraction of sp³-hybridized carbons (Fsp3) is 0.118. The Balaban J connectivity index is 1.84. The van der Waals surface area contributed by atoms with Gasteiger partial charge in [-0.2, -0.15) is 0 Å². The number of methoxy groups -OCH3 is 1. The predicted molar refractivity (Wildman–Crippen MR) is 98.7 cm³/mol. The van der Waals surface area contributed by atoms with Crippen LogP contribution in [-0.4, -0.2) is 23.0 Å². The predicted octanol–water partition coefficient (Wildman–Crippen LogP) is 4.54. The first-order valence-corrected chi connectivity index (χ1v) is 8.76. The van der Waals surface area contributed by atoms with Crippen LogP contribution in [0.25, 0.3) is 11.3 Å². The van der Waals surface area contributed by atoms with Crippen LogP contribution >= 0.6 is 27.3 Å². The number of rotatable bonds is 4. The molecule has 0 bridgehead atoms. The van der Waals surface area contributed by atoms with E-state index in [-0.39, 0.29) is 5.91 Å². The number of halogens is 1. The molecule has 3 aromatic rings. The average molecular weight is 404 g/mol. The summed E-state index contributed by atoms with van der Waals surface area (Å²) in [6.45, 7) is 2.01. The van der Waals surface area contributed by atoms with Gasteiger partial charge in [0.25, 0.3) is 5.91 Å². The minimum atomic E-state index is -0.249. The molecule has 1 N–H and O–H groups in total. The van der Waals surface area contributed by atoms with Crippen LogP contribution < -0.4 is 10.1 Å². The Kier molecular flexibility index (Phi) is 4.92. The SMILES string of the molecule is COc1ccc(C)cc1-c1csc(NC(=O)c2cncc(Br)c2)n1. The second kappa shape index (κ2) is 7.11. The third-order valence-electron chi connectivity index (χ3n) is 3.32. The first kappa shape index (κ1) is 16.6. The van der Waals surface area contributed by atoms with E-state index in [4.69, 9.17) is 4.74 Å². The zero-order valence-corrected chi connectivity index (χ0v) is 15.4. The number of aryl methyl sites for hydroxylation is 1. The van der Waals surface area contributed by atoms with Gasteiger partial charge in [-0.1, -0.05) is 11.6 Å². The lowest BCUT2D eigenvalue weighted by Gasteiger charge is -2.07. The molecule has 0 radical (unpaired) electrons. The molecule has 5 nitrogen and oxygen atoms in total. The summed E-state index contributed by atoms with van der Waals surface area (Å²) in [6, 6.07) is 7.62. The van der Waals surface area contributed by atoms with Gasteiger partial charge in [-0.05, 0) is 41.1 Å². The highest BCUT2D eigenvalue weighted by molar-refractivity contribution is 9.10. The average Bonchev–Trinajstić information content (AvgIpc) is 3.03. The van der Waals surface area contributed by atoms with Gasteiger partial charge in [0.1, 0.15) is 5.75 Å². The first-order chi connectivity index (χ1) is 11.6. The molecule has 0 aliphatic rings. The van der Waals surface area contributed by atoms with E-state index in [1.165, 1.54) is 17.5 Å². The number of anilines is 1. The van der Waals surface area contributed by atoms with E-state index in [1.807, 2.05) is 30.5 Å². The number of pyridine rings is 1. The summed E-state index contributed by atoms with van der Waals surface area (Å²) in [4.78, 5) is 20.7. The number of hydrogen-bond donors (Lipinski definition) is 1. The lowest BCUT2D eigenvalue weighted by atomic mass is 10.1. The molecule has 24 heavy (non-hydrogen) atoms. The molecule has 0 atom stereocenters. The molecule has 0 aliphatic heterocycles. The second-order valence-electron chi connectivity index (χ2n) is 5.09. The van der Waals surface area contributed by atoms with Crippen molar-refractivity contribution in [2.75, 3.05) is 12.4 Å². The van der Waals surface area contributed by atoms with E-state index in [1.54, 1.807) is 19.4 Å². The first-order valence-electron chi connectivity index (χ1n) is 7.09. The molecule has 0 spiro atoms. The molecular formula is C17H14BrN3O2S. The standard InChI is InChI=1S/C17H14BrN3O2S/c1-10-3-4-15(23-2)13(5-10)14-9-24-17(20-14)21-16(22)11-6-12(18)8-19-7-11/h3-9H,1-2H3,(H,20,21,22). The Labute approximate surface area is 151 Å². The molecule has 0 unspecified atom stereocenters. The van der Waals surface area contributed by atoms with Gasteiger partial charge >= 0.3 is 0 Å². The Morgan fingerprint density at radius 2 is 2.12 bits per heavy atom. The molecular weight excluding hydrogens is 390 g/mol. The Hall–Kier alpha value is -2.25. The van der Waals surface area contributed by atoms with E-state index < -0.39 is 0 Å². The van der Waals surface area contributed by atoms with Crippen LogP contribution in [0.15, 0.2) is 46.5 Å². The maximum Gasteiger partial charge on any atom is 0.259 e. The number of thiazole rings is 1. The molecule has 0 aliphatic carbocycles. The lowest BCUT2D eigenvalue weighted by Crippen LogP contribution is -2.11. The van der Waals surface area contributed by atoms with E-state index in [9.17, 15) is 4.79 Å². The maximum atomic E-state index is 12.3. The van der Waals surface area contributed by atoms with Crippen molar-refractivity contribution in [3.05, 3.63) is 57.6 Å². The molecule has 2 heterocycles. The van der Waals surface area contributed by atoms with Crippen molar-refractivity contribution < 1.29 is 9.53 Å². The summed E-state index contributed by atoms with van der Waals surface area (Å²) >= 11 is 4.67. The van der Waals surface area contributed by atoms with Crippen LogP contribution in [-0.2, 0) is 0 Å². The third-order valence-corrected chi connectivity index (χ3v) is 4.51. The quantitative estimate of drug-likeness (QED) is 0.694. The summed E-state index contributed by atoms with van der Waals surface area (Å²) in [5, 5.41) is 5.22. The molecule has 3 rings (SSSR count). The van der Waals surface area contributed by atoms with Crippen LogP contribution in [0.5, 0.6) is 5.75 Å². The molecule has 122 valence electrons. The summed E-state index contributed by atoms with van der Waals surface area (Å²) in [5.41, 5.74) is 3.25. The van der Waals surface area contributed by atoms with Crippen LogP contribution in [0.2, 0.25) is 0 Å². The van der Waals surface area contributed by atoms with Gasteiger partial charge in [-0.15, -0.1) is 11.3 Å².